The maximum atomic E-state index is 12.6. The Labute approximate surface area is 173 Å². The molecule has 30 heavy (non-hydrogen) atoms. The molecule has 3 aromatic rings. The van der Waals surface area contributed by atoms with Crippen LogP contribution in [-0.4, -0.2) is 29.1 Å². The van der Waals surface area contributed by atoms with Crippen molar-refractivity contribution >= 4 is 11.2 Å². The van der Waals surface area contributed by atoms with Crippen molar-refractivity contribution in [3.8, 4) is 11.5 Å². The van der Waals surface area contributed by atoms with Crippen LogP contribution < -0.4 is 5.69 Å². The fraction of sp³-hybridized carbons (Fsp3) is 0.174. The molecule has 0 N–H and O–H groups in total. The molecule has 0 unspecified atom stereocenters. The van der Waals surface area contributed by atoms with Crippen molar-refractivity contribution in [3.63, 3.8) is 0 Å². The van der Waals surface area contributed by atoms with Gasteiger partial charge in [-0.1, -0.05) is 59.7 Å². The van der Waals surface area contributed by atoms with E-state index in [1.807, 2.05) is 35.8 Å². The average Bonchev–Trinajstić information content (AvgIpc) is 3.21. The van der Waals surface area contributed by atoms with E-state index in [4.69, 9.17) is 0 Å². The fourth-order valence-electron chi connectivity index (χ4n) is 3.56. The normalized spacial score (nSPS) is 11.4. The molecule has 2 aromatic carbocycles. The lowest BCUT2D eigenvalue weighted by molar-refractivity contribution is 0.758. The lowest BCUT2D eigenvalue weighted by Gasteiger charge is -2.04. The van der Waals surface area contributed by atoms with E-state index in [9.17, 15) is 4.79 Å². The van der Waals surface area contributed by atoms with E-state index in [1.54, 1.807) is 10.9 Å². The van der Waals surface area contributed by atoms with Gasteiger partial charge in [0, 0.05) is 0 Å². The highest BCUT2D eigenvalue weighted by molar-refractivity contribution is 5.85. The van der Waals surface area contributed by atoms with Crippen LogP contribution in [0, 0.1) is 13.8 Å². The van der Waals surface area contributed by atoms with Crippen LogP contribution in [0.2, 0.25) is 0 Å². The van der Waals surface area contributed by atoms with E-state index in [0.717, 1.165) is 11.1 Å². The summed E-state index contributed by atoms with van der Waals surface area (Å²) in [7, 11) is 0. The van der Waals surface area contributed by atoms with E-state index < -0.39 is 0 Å². The Balaban J connectivity index is 1.56. The molecule has 2 aliphatic heterocycles. The third-order valence-electron chi connectivity index (χ3n) is 5.24. The first-order valence-corrected chi connectivity index (χ1v) is 9.76. The number of benzene rings is 2. The van der Waals surface area contributed by atoms with Gasteiger partial charge in [-0.3, -0.25) is 4.57 Å². The largest absolute Gasteiger partial charge is 0.350 e. The minimum Gasteiger partial charge on any atom is -0.311 e. The zero-order valence-electron chi connectivity index (χ0n) is 16.8. The minimum absolute atomic E-state index is 0.335. The molecule has 3 heterocycles. The van der Waals surface area contributed by atoms with Gasteiger partial charge in [-0.2, -0.15) is 4.98 Å². The van der Waals surface area contributed by atoms with Gasteiger partial charge >= 0.3 is 5.69 Å². The van der Waals surface area contributed by atoms with Crippen molar-refractivity contribution in [2.24, 2.45) is 0 Å². The van der Waals surface area contributed by atoms with Crippen molar-refractivity contribution in [2.75, 3.05) is 0 Å². The van der Waals surface area contributed by atoms with Crippen LogP contribution in [0.1, 0.15) is 22.3 Å². The summed E-state index contributed by atoms with van der Waals surface area (Å²) >= 11 is 0. The van der Waals surface area contributed by atoms with Crippen LogP contribution in [0.25, 0.3) is 22.7 Å². The molecule has 0 spiro atoms. The lowest BCUT2D eigenvalue weighted by Crippen LogP contribution is -2.17. The molecular formula is C23H20N6O. The minimum atomic E-state index is -0.335. The van der Waals surface area contributed by atoms with E-state index in [1.165, 1.54) is 17.5 Å². The van der Waals surface area contributed by atoms with Gasteiger partial charge in [-0.15, -0.1) is 0 Å². The molecule has 0 bridgehead atoms. The summed E-state index contributed by atoms with van der Waals surface area (Å²) in [4.78, 5) is 30.3. The molecule has 7 heteroatoms. The van der Waals surface area contributed by atoms with Crippen molar-refractivity contribution < 1.29 is 0 Å². The molecule has 0 aliphatic carbocycles. The second-order valence-electron chi connectivity index (χ2n) is 7.54. The molecule has 0 saturated heterocycles. The van der Waals surface area contributed by atoms with Crippen molar-refractivity contribution in [1.82, 2.24) is 29.1 Å². The van der Waals surface area contributed by atoms with Gasteiger partial charge in [0.1, 0.15) is 17.5 Å². The van der Waals surface area contributed by atoms with Gasteiger partial charge in [0.15, 0.2) is 11.5 Å². The van der Waals surface area contributed by atoms with Crippen LogP contribution in [0.5, 0.6) is 0 Å². The number of fused-ring (bicyclic) bond motifs is 3. The summed E-state index contributed by atoms with van der Waals surface area (Å²) in [5, 5.41) is 0. The molecule has 7 nitrogen and oxygen atoms in total. The molecule has 0 amide bonds. The second kappa shape index (κ2) is 7.18. The maximum absolute atomic E-state index is 12.6. The fourth-order valence-corrected chi connectivity index (χ4v) is 3.56. The van der Waals surface area contributed by atoms with Gasteiger partial charge in [0.2, 0.25) is 0 Å². The predicted octanol–water partition coefficient (Wildman–Crippen LogP) is 3.20. The highest BCUT2D eigenvalue weighted by Gasteiger charge is 2.21. The van der Waals surface area contributed by atoms with E-state index in [0.29, 0.717) is 35.8 Å². The third kappa shape index (κ3) is 3.24. The first-order chi connectivity index (χ1) is 14.6. The SMILES string of the molecule is Cc1ccc(Cn2c3ncnc4c(ncn4Cc4ccc(C)cc4)c-3nc2=O)cc1. The molecule has 5 rings (SSSR count). The molecule has 0 saturated carbocycles. The first kappa shape index (κ1) is 18.2. The third-order valence-corrected chi connectivity index (χ3v) is 5.24. The molecular weight excluding hydrogens is 376 g/mol. The van der Waals surface area contributed by atoms with Crippen LogP contribution >= 0.6 is 0 Å². The van der Waals surface area contributed by atoms with Crippen molar-refractivity contribution in [3.05, 3.63) is 93.9 Å². The van der Waals surface area contributed by atoms with Crippen LogP contribution in [-0.2, 0) is 13.1 Å². The maximum Gasteiger partial charge on any atom is 0.350 e. The van der Waals surface area contributed by atoms with Crippen LogP contribution in [0.4, 0.5) is 0 Å². The van der Waals surface area contributed by atoms with Gasteiger partial charge in [-0.05, 0) is 25.0 Å². The summed E-state index contributed by atoms with van der Waals surface area (Å²) in [6.45, 7) is 5.13. The van der Waals surface area contributed by atoms with E-state index >= 15 is 0 Å². The molecule has 1 aromatic heterocycles. The summed E-state index contributed by atoms with van der Waals surface area (Å²) < 4.78 is 3.52. The summed E-state index contributed by atoms with van der Waals surface area (Å²) in [6.07, 6.45) is 3.21. The topological polar surface area (TPSA) is 78.5 Å². The zero-order chi connectivity index (χ0) is 20.7. The number of hydrogen-bond donors (Lipinski definition) is 0. The summed E-state index contributed by atoms with van der Waals surface area (Å²) in [5.74, 6) is 0.490. The van der Waals surface area contributed by atoms with Gasteiger partial charge in [-0.25, -0.2) is 19.7 Å². The van der Waals surface area contributed by atoms with Crippen molar-refractivity contribution in [1.29, 1.82) is 0 Å². The molecule has 2 aliphatic rings. The Morgan fingerprint density at radius 2 is 1.43 bits per heavy atom. The molecule has 0 radical (unpaired) electrons. The lowest BCUT2D eigenvalue weighted by atomic mass is 10.1. The predicted molar refractivity (Wildman–Crippen MR) is 115 cm³/mol. The van der Waals surface area contributed by atoms with E-state index in [2.05, 4.69) is 51.1 Å². The second-order valence-corrected chi connectivity index (χ2v) is 7.54. The Morgan fingerprint density at radius 3 is 2.10 bits per heavy atom. The summed E-state index contributed by atoms with van der Waals surface area (Å²) in [5.41, 5.74) is 5.91. The number of rotatable bonds is 4. The van der Waals surface area contributed by atoms with Crippen LogP contribution in [0.3, 0.4) is 0 Å². The number of aryl methyl sites for hydroxylation is 2. The highest BCUT2D eigenvalue weighted by Crippen LogP contribution is 2.23. The number of aromatic nitrogens is 6. The standard InChI is InChI=1S/C23H20N6O/c1-15-3-7-17(8-4-15)11-28-14-26-19-20-22(25-13-24-21(19)28)29(23(30)27-20)12-18-9-5-16(2)6-10-18/h3-10,13-14H,11-12H2,1-2H3. The number of imidazole rings is 2. The smallest absolute Gasteiger partial charge is 0.311 e. The van der Waals surface area contributed by atoms with Crippen molar-refractivity contribution in [2.45, 2.75) is 26.9 Å². The highest BCUT2D eigenvalue weighted by atomic mass is 16.1. The molecule has 0 fully saturated rings. The number of nitrogens with zero attached hydrogens (tertiary/aromatic N) is 6. The Bertz CT molecular complexity index is 1370. The average molecular weight is 396 g/mol. The Hall–Kier alpha value is -3.87. The first-order valence-electron chi connectivity index (χ1n) is 9.76. The summed E-state index contributed by atoms with van der Waals surface area (Å²) in [6, 6.07) is 16.4. The van der Waals surface area contributed by atoms with Crippen LogP contribution in [0.15, 0.2) is 66.0 Å². The quantitative estimate of drug-likeness (QED) is 0.466. The molecule has 148 valence electrons. The van der Waals surface area contributed by atoms with Gasteiger partial charge < -0.3 is 4.57 Å². The monoisotopic (exact) mass is 396 g/mol. The van der Waals surface area contributed by atoms with E-state index in [-0.39, 0.29) is 5.69 Å². The number of hydrogen-bond acceptors (Lipinski definition) is 5. The zero-order valence-corrected chi connectivity index (χ0v) is 16.8. The van der Waals surface area contributed by atoms with Gasteiger partial charge in [0.25, 0.3) is 0 Å². The molecule has 0 atom stereocenters. The Morgan fingerprint density at radius 1 is 0.800 bits per heavy atom. The van der Waals surface area contributed by atoms with Gasteiger partial charge in [0.05, 0.1) is 19.4 Å². The Kier molecular flexibility index (Phi) is 4.35.